The van der Waals surface area contributed by atoms with Crippen LogP contribution in [0.3, 0.4) is 0 Å². The van der Waals surface area contributed by atoms with Gasteiger partial charge in [-0.25, -0.2) is 4.39 Å². The van der Waals surface area contributed by atoms with Crippen molar-refractivity contribution in [3.8, 4) is 11.1 Å². The lowest BCUT2D eigenvalue weighted by Crippen LogP contribution is -2.24. The average molecular weight is 336 g/mol. The molecular weight excluding hydrogens is 315 g/mol. The number of fused-ring (bicyclic) bond motifs is 2. The standard InChI is InChI=1S/C21H21FN2O/c1-11-8-15-16(21(23)25)9-18(22)20(19(15)12(11)2)14-5-3-4-13-6-7-24-10-17(13)14/h3-5,9,24H,6-8,10H2,1-2H3,(H2,23,25). The summed E-state index contributed by atoms with van der Waals surface area (Å²) in [6.07, 6.45) is 1.60. The van der Waals surface area contributed by atoms with Crippen LogP contribution < -0.4 is 11.1 Å². The van der Waals surface area contributed by atoms with Gasteiger partial charge in [-0.15, -0.1) is 0 Å². The number of nitrogens with one attached hydrogen (secondary N) is 1. The normalized spacial score (nSPS) is 16.0. The summed E-state index contributed by atoms with van der Waals surface area (Å²) in [7, 11) is 0. The molecule has 0 bridgehead atoms. The molecule has 128 valence electrons. The van der Waals surface area contributed by atoms with Crippen molar-refractivity contribution in [3.63, 3.8) is 0 Å². The van der Waals surface area contributed by atoms with Crippen LogP contribution in [0.2, 0.25) is 0 Å². The van der Waals surface area contributed by atoms with E-state index in [4.69, 9.17) is 5.73 Å². The number of nitrogens with two attached hydrogens (primary N) is 1. The summed E-state index contributed by atoms with van der Waals surface area (Å²) in [4.78, 5) is 11.8. The maximum Gasteiger partial charge on any atom is 0.249 e. The van der Waals surface area contributed by atoms with Gasteiger partial charge < -0.3 is 11.1 Å². The second-order valence-electron chi connectivity index (χ2n) is 6.95. The fraction of sp³-hybridized carbons (Fsp3) is 0.286. The van der Waals surface area contributed by atoms with E-state index in [1.165, 1.54) is 11.6 Å². The highest BCUT2D eigenvalue weighted by molar-refractivity contribution is 6.00. The van der Waals surface area contributed by atoms with Crippen LogP contribution in [0, 0.1) is 5.82 Å². The molecular formula is C21H21FN2O. The van der Waals surface area contributed by atoms with Gasteiger partial charge in [0.05, 0.1) is 0 Å². The molecule has 0 fully saturated rings. The van der Waals surface area contributed by atoms with E-state index in [1.807, 2.05) is 26.0 Å². The molecule has 2 aromatic rings. The molecule has 4 rings (SSSR count). The van der Waals surface area contributed by atoms with Gasteiger partial charge in [0.25, 0.3) is 0 Å². The Balaban J connectivity index is 2.05. The molecule has 4 heteroatoms. The highest BCUT2D eigenvalue weighted by atomic mass is 19.1. The van der Waals surface area contributed by atoms with Crippen LogP contribution in [0.15, 0.2) is 29.8 Å². The van der Waals surface area contributed by atoms with E-state index in [2.05, 4.69) is 11.4 Å². The number of benzene rings is 2. The van der Waals surface area contributed by atoms with Crippen molar-refractivity contribution in [3.05, 3.63) is 63.5 Å². The van der Waals surface area contributed by atoms with Crippen molar-refractivity contribution in [2.45, 2.75) is 33.2 Å². The molecule has 1 heterocycles. The van der Waals surface area contributed by atoms with Crippen molar-refractivity contribution in [1.29, 1.82) is 0 Å². The van der Waals surface area contributed by atoms with Crippen LogP contribution in [-0.4, -0.2) is 12.5 Å². The van der Waals surface area contributed by atoms with E-state index < -0.39 is 5.91 Å². The summed E-state index contributed by atoms with van der Waals surface area (Å²) in [5.41, 5.74) is 13.7. The number of hydrogen-bond acceptors (Lipinski definition) is 2. The zero-order valence-electron chi connectivity index (χ0n) is 14.5. The number of rotatable bonds is 2. The molecule has 0 atom stereocenters. The van der Waals surface area contributed by atoms with Crippen molar-refractivity contribution in [1.82, 2.24) is 5.32 Å². The molecule has 0 unspecified atom stereocenters. The van der Waals surface area contributed by atoms with Gasteiger partial charge in [0.2, 0.25) is 5.91 Å². The number of carbonyl (C=O) groups excluding carboxylic acids is 1. The fourth-order valence-corrected chi connectivity index (χ4v) is 4.13. The van der Waals surface area contributed by atoms with Gasteiger partial charge in [0.1, 0.15) is 5.82 Å². The van der Waals surface area contributed by atoms with Crippen LogP contribution in [0.1, 0.15) is 46.5 Å². The molecule has 2 aromatic carbocycles. The number of carbonyl (C=O) groups is 1. The molecule has 0 aromatic heterocycles. The van der Waals surface area contributed by atoms with Crippen LogP contribution in [0.5, 0.6) is 0 Å². The smallest absolute Gasteiger partial charge is 0.249 e. The Morgan fingerprint density at radius 3 is 2.76 bits per heavy atom. The first-order valence-electron chi connectivity index (χ1n) is 8.62. The molecule has 1 amide bonds. The highest BCUT2D eigenvalue weighted by Gasteiger charge is 2.29. The maximum absolute atomic E-state index is 15.2. The van der Waals surface area contributed by atoms with Gasteiger partial charge >= 0.3 is 0 Å². The fourth-order valence-electron chi connectivity index (χ4n) is 4.13. The van der Waals surface area contributed by atoms with Gasteiger partial charge in [-0.05, 0) is 72.7 Å². The first-order chi connectivity index (χ1) is 12.0. The molecule has 3 nitrogen and oxygen atoms in total. The maximum atomic E-state index is 15.2. The summed E-state index contributed by atoms with van der Waals surface area (Å²) in [5.74, 6) is -0.943. The van der Waals surface area contributed by atoms with E-state index in [9.17, 15) is 4.79 Å². The lowest BCUT2D eigenvalue weighted by Gasteiger charge is -2.23. The predicted molar refractivity (Wildman–Crippen MR) is 97.7 cm³/mol. The molecule has 25 heavy (non-hydrogen) atoms. The number of amides is 1. The van der Waals surface area contributed by atoms with Crippen LogP contribution in [0.25, 0.3) is 16.7 Å². The minimum absolute atomic E-state index is 0.301. The molecule has 3 N–H and O–H groups in total. The van der Waals surface area contributed by atoms with Crippen molar-refractivity contribution < 1.29 is 9.18 Å². The monoisotopic (exact) mass is 336 g/mol. The molecule has 1 aliphatic heterocycles. The quantitative estimate of drug-likeness (QED) is 0.880. The van der Waals surface area contributed by atoms with E-state index in [0.29, 0.717) is 17.5 Å². The Morgan fingerprint density at radius 1 is 1.20 bits per heavy atom. The lowest BCUT2D eigenvalue weighted by atomic mass is 9.85. The van der Waals surface area contributed by atoms with Gasteiger partial charge in [0, 0.05) is 17.7 Å². The zero-order valence-corrected chi connectivity index (χ0v) is 14.5. The van der Waals surface area contributed by atoms with Crippen molar-refractivity contribution in [2.24, 2.45) is 5.73 Å². The molecule has 1 aliphatic carbocycles. The second kappa shape index (κ2) is 5.81. The third-order valence-corrected chi connectivity index (χ3v) is 5.52. The first-order valence-corrected chi connectivity index (χ1v) is 8.62. The summed E-state index contributed by atoms with van der Waals surface area (Å²) in [6.45, 7) is 5.71. The Morgan fingerprint density at radius 2 is 2.00 bits per heavy atom. The predicted octanol–water partition coefficient (Wildman–Crippen LogP) is 3.59. The molecule has 0 saturated heterocycles. The van der Waals surface area contributed by atoms with Gasteiger partial charge in [-0.3, -0.25) is 4.79 Å². The third-order valence-electron chi connectivity index (χ3n) is 5.52. The first kappa shape index (κ1) is 16.0. The molecule has 0 radical (unpaired) electrons. The summed E-state index contributed by atoms with van der Waals surface area (Å²) < 4.78 is 15.2. The SMILES string of the molecule is CC1=C(C)c2c(c(C(N)=O)cc(F)c2-c2cccc3c2CNCC3)C1. The zero-order chi connectivity index (χ0) is 17.7. The van der Waals surface area contributed by atoms with Gasteiger partial charge in [0.15, 0.2) is 0 Å². The topological polar surface area (TPSA) is 55.1 Å². The highest BCUT2D eigenvalue weighted by Crippen LogP contribution is 2.44. The second-order valence-corrected chi connectivity index (χ2v) is 6.95. The number of halogens is 1. The van der Waals surface area contributed by atoms with Crippen LogP contribution in [-0.2, 0) is 19.4 Å². The van der Waals surface area contributed by atoms with E-state index in [1.54, 1.807) is 0 Å². The van der Waals surface area contributed by atoms with Crippen molar-refractivity contribution >= 4 is 11.5 Å². The third kappa shape index (κ3) is 2.40. The molecule has 2 aliphatic rings. The number of hydrogen-bond donors (Lipinski definition) is 2. The van der Waals surface area contributed by atoms with E-state index in [0.717, 1.165) is 52.9 Å². The molecule has 0 spiro atoms. The minimum atomic E-state index is -0.569. The Kier molecular flexibility index (Phi) is 3.73. The summed E-state index contributed by atoms with van der Waals surface area (Å²) in [6, 6.07) is 7.41. The van der Waals surface area contributed by atoms with Crippen LogP contribution in [0.4, 0.5) is 4.39 Å². The van der Waals surface area contributed by atoms with E-state index in [-0.39, 0.29) is 5.82 Å². The Hall–Kier alpha value is -2.46. The van der Waals surface area contributed by atoms with Crippen molar-refractivity contribution in [2.75, 3.05) is 6.54 Å². The minimum Gasteiger partial charge on any atom is -0.366 e. The Labute approximate surface area is 146 Å². The number of allylic oxidation sites excluding steroid dienone is 2. The summed E-state index contributed by atoms with van der Waals surface area (Å²) in [5, 5.41) is 3.38. The van der Waals surface area contributed by atoms with Gasteiger partial charge in [-0.1, -0.05) is 23.8 Å². The summed E-state index contributed by atoms with van der Waals surface area (Å²) >= 11 is 0. The van der Waals surface area contributed by atoms with Gasteiger partial charge in [-0.2, -0.15) is 0 Å². The van der Waals surface area contributed by atoms with E-state index >= 15 is 4.39 Å². The Bertz CT molecular complexity index is 943. The largest absolute Gasteiger partial charge is 0.366 e. The average Bonchev–Trinajstić information content (AvgIpc) is 2.89. The van der Waals surface area contributed by atoms with Crippen LogP contribution >= 0.6 is 0 Å². The number of primary amides is 1. The molecule has 0 saturated carbocycles. The lowest BCUT2D eigenvalue weighted by molar-refractivity contribution is 0.0999.